The summed E-state index contributed by atoms with van der Waals surface area (Å²) in [6, 6.07) is 11.7. The first-order valence-corrected chi connectivity index (χ1v) is 21.3. The molecule has 1 heterocycles. The number of aryl methyl sites for hydroxylation is 2. The summed E-state index contributed by atoms with van der Waals surface area (Å²) in [5, 5.41) is 26.1. The monoisotopic (exact) mass is 965 g/mol. The number of hydrogen-bond acceptors (Lipinski definition) is 20. The van der Waals surface area contributed by atoms with Crippen molar-refractivity contribution in [2.75, 3.05) is 5.32 Å². The Morgan fingerprint density at radius 2 is 1.10 bits per heavy atom. The number of azo groups is 2. The predicted molar refractivity (Wildman–Crippen MR) is 195 cm³/mol. The summed E-state index contributed by atoms with van der Waals surface area (Å²) in [5.41, 5.74) is 0.225. The molecule has 6 aromatic rings. The molecule has 0 amide bonds. The van der Waals surface area contributed by atoms with Crippen molar-refractivity contribution >= 4 is 108 Å². The van der Waals surface area contributed by atoms with Gasteiger partial charge >= 0.3 is 118 Å². The minimum atomic E-state index is -5.46. The van der Waals surface area contributed by atoms with Crippen LogP contribution in [0.3, 0.4) is 0 Å². The van der Waals surface area contributed by atoms with Crippen LogP contribution in [0.2, 0.25) is 5.28 Å². The number of nitrogens with zero attached hydrogens (tertiary/aromatic N) is 6. The molecular weight excluding hydrogens is 946 g/mol. The van der Waals surface area contributed by atoms with Gasteiger partial charge in [0.1, 0.15) is 46.2 Å². The molecule has 0 saturated heterocycles. The van der Waals surface area contributed by atoms with Crippen molar-refractivity contribution in [3.63, 3.8) is 0 Å². The van der Waals surface area contributed by atoms with Gasteiger partial charge in [-0.05, 0) is 91.2 Å². The van der Waals surface area contributed by atoms with Gasteiger partial charge in [0.15, 0.2) is 0 Å². The summed E-state index contributed by atoms with van der Waals surface area (Å²) in [7, 11) is -21.2. The van der Waals surface area contributed by atoms with Crippen molar-refractivity contribution in [1.82, 2.24) is 15.0 Å². The van der Waals surface area contributed by atoms with Crippen LogP contribution in [0.5, 0.6) is 0 Å². The van der Waals surface area contributed by atoms with Crippen LogP contribution in [0.1, 0.15) is 11.1 Å². The molecule has 0 radical (unpaired) electrons. The van der Waals surface area contributed by atoms with Gasteiger partial charge in [0, 0.05) is 27.2 Å². The molecule has 61 heavy (non-hydrogen) atoms. The third-order valence-corrected chi connectivity index (χ3v) is 11.6. The summed E-state index contributed by atoms with van der Waals surface area (Å²) in [4.78, 5) is 6.10. The maximum absolute atomic E-state index is 12.2. The SMILES string of the molecule is Cc1cc(N=Nc2c(S(=O)(=O)[O-])ccc3c(S(=O)(=O)[O-])cc(S(=O)(=O)[O-])cc23)c(C)cc1N=Nc1ccc(Nc2nc(Cl)nc(=N)[nH]2)c2ccc(S(=O)(=O)[O-])cc12.[Na+].[Na+].[Na+].[Na+]. The molecular formula is C31H20ClN9Na4O12S4. The van der Waals surface area contributed by atoms with Gasteiger partial charge in [-0.3, -0.25) is 10.4 Å². The van der Waals surface area contributed by atoms with E-state index in [4.69, 9.17) is 17.0 Å². The van der Waals surface area contributed by atoms with Crippen molar-refractivity contribution in [3.05, 3.63) is 88.8 Å². The molecule has 0 aliphatic rings. The first-order valence-electron chi connectivity index (χ1n) is 15.3. The molecule has 0 unspecified atom stereocenters. The molecule has 3 N–H and O–H groups in total. The van der Waals surface area contributed by atoms with E-state index in [0.29, 0.717) is 40.4 Å². The number of rotatable bonds is 10. The Hall–Kier alpha value is -1.64. The Morgan fingerprint density at radius 1 is 0.574 bits per heavy atom. The van der Waals surface area contributed by atoms with Crippen LogP contribution in [0.25, 0.3) is 21.5 Å². The third kappa shape index (κ3) is 13.0. The topological polar surface area (TPSA) is 356 Å². The summed E-state index contributed by atoms with van der Waals surface area (Å²) in [5.74, 6) is 0.0196. The molecule has 1 aromatic heterocycles. The molecule has 0 fully saturated rings. The second-order valence-corrected chi connectivity index (χ2v) is 17.6. The second-order valence-electron chi connectivity index (χ2n) is 11.9. The molecule has 0 atom stereocenters. The number of halogens is 1. The molecule has 0 spiro atoms. The van der Waals surface area contributed by atoms with Crippen LogP contribution in [0, 0.1) is 19.3 Å². The summed E-state index contributed by atoms with van der Waals surface area (Å²) in [6.07, 6.45) is 0. The smallest absolute Gasteiger partial charge is 0.744 e. The van der Waals surface area contributed by atoms with Crippen LogP contribution >= 0.6 is 11.6 Å². The largest absolute Gasteiger partial charge is 1.00 e. The van der Waals surface area contributed by atoms with Gasteiger partial charge in [0.05, 0.1) is 36.6 Å². The molecule has 296 valence electrons. The molecule has 30 heteroatoms. The van der Waals surface area contributed by atoms with Crippen LogP contribution in [-0.2, 0) is 40.5 Å². The van der Waals surface area contributed by atoms with E-state index in [-0.39, 0.29) is 158 Å². The number of anilines is 2. The Bertz CT molecular complexity index is 3310. The third-order valence-electron chi connectivity index (χ3n) is 8.02. The molecule has 0 aliphatic carbocycles. The number of fused-ring (bicyclic) bond motifs is 2. The molecule has 0 bridgehead atoms. The fourth-order valence-electron chi connectivity index (χ4n) is 5.44. The average Bonchev–Trinajstić information content (AvgIpc) is 3.08. The van der Waals surface area contributed by atoms with E-state index in [1.54, 1.807) is 6.92 Å². The van der Waals surface area contributed by atoms with Crippen LogP contribution < -0.4 is 129 Å². The first kappa shape index (κ1) is 55.5. The quantitative estimate of drug-likeness (QED) is 0.0653. The Morgan fingerprint density at radius 3 is 1.64 bits per heavy atom. The fourth-order valence-corrected chi connectivity index (χ4v) is 8.04. The van der Waals surface area contributed by atoms with Crippen LogP contribution in [-0.4, -0.2) is 66.8 Å². The average molecular weight is 966 g/mol. The van der Waals surface area contributed by atoms with Crippen molar-refractivity contribution in [3.8, 4) is 0 Å². The van der Waals surface area contributed by atoms with E-state index in [1.807, 2.05) is 0 Å². The molecule has 0 aliphatic heterocycles. The van der Waals surface area contributed by atoms with E-state index in [2.05, 4.69) is 40.7 Å². The van der Waals surface area contributed by atoms with Gasteiger partial charge in [-0.1, -0.05) is 12.1 Å². The Labute approximate surface area is 440 Å². The molecule has 5 aromatic carbocycles. The van der Waals surface area contributed by atoms with Crippen LogP contribution in [0.15, 0.2) is 107 Å². The molecule has 0 saturated carbocycles. The number of benzene rings is 5. The summed E-state index contributed by atoms with van der Waals surface area (Å²) < 4.78 is 144. The summed E-state index contributed by atoms with van der Waals surface area (Å²) in [6.45, 7) is 3.08. The van der Waals surface area contributed by atoms with Gasteiger partial charge in [0.25, 0.3) is 0 Å². The van der Waals surface area contributed by atoms with Gasteiger partial charge in [-0.15, -0.1) is 10.2 Å². The maximum Gasteiger partial charge on any atom is 1.00 e. The van der Waals surface area contributed by atoms with Gasteiger partial charge < -0.3 is 23.5 Å². The first-order chi connectivity index (χ1) is 26.4. The minimum absolute atomic E-state index is 0. The predicted octanol–water partition coefficient (Wildman–Crippen LogP) is -6.93. The molecule has 6 rings (SSSR count). The van der Waals surface area contributed by atoms with Gasteiger partial charge in [-0.25, -0.2) is 33.7 Å². The maximum atomic E-state index is 12.2. The van der Waals surface area contributed by atoms with Crippen LogP contribution in [0.4, 0.5) is 34.4 Å². The Balaban J connectivity index is 0.00000320. The van der Waals surface area contributed by atoms with E-state index in [0.717, 1.165) is 18.2 Å². The zero-order valence-electron chi connectivity index (χ0n) is 32.4. The zero-order chi connectivity index (χ0) is 41.8. The van der Waals surface area contributed by atoms with Crippen molar-refractivity contribution in [2.45, 2.75) is 33.4 Å². The number of aromatic nitrogens is 3. The van der Waals surface area contributed by atoms with E-state index < -0.39 is 76.5 Å². The fraction of sp³-hybridized carbons (Fsp3) is 0.0645. The van der Waals surface area contributed by atoms with Gasteiger partial charge in [-0.2, -0.15) is 20.2 Å². The second kappa shape index (κ2) is 21.1. The zero-order valence-corrected chi connectivity index (χ0v) is 44.5. The minimum Gasteiger partial charge on any atom is -0.744 e. The van der Waals surface area contributed by atoms with Crippen molar-refractivity contribution in [2.24, 2.45) is 20.5 Å². The van der Waals surface area contributed by atoms with E-state index >= 15 is 0 Å². The number of H-pyrrole nitrogens is 1. The normalized spacial score (nSPS) is 12.1. The molecule has 21 nitrogen and oxygen atoms in total. The number of hydrogen-bond donors (Lipinski definition) is 3. The number of nitrogens with one attached hydrogen (secondary N) is 3. The Kier molecular flexibility index (Phi) is 19.2. The van der Waals surface area contributed by atoms with E-state index in [1.165, 1.54) is 37.3 Å². The van der Waals surface area contributed by atoms with Crippen molar-refractivity contribution < 1.29 is 170 Å². The van der Waals surface area contributed by atoms with E-state index in [9.17, 15) is 51.9 Å². The standard InChI is InChI=1S/C31H24ClN9O12S4.4Na/c1-14-10-25(40-41-28-21-12-17(55(45,46)47)13-27(57(51,52)53)19(21)5-8-26(28)56(48,49)50)15(2)9-24(14)39-38-23-7-6-22(34-31-36-29(32)35-30(33)37-31)18-4-3-16(11-20(18)23)54(42,43)44;;;;/h3-13H,1-2H3,(H,42,43,44)(H,45,46,47)(H,48,49,50)(H,51,52,53)(H3,33,34,35,36,37);;;;/q;4*+1/p-4. The van der Waals surface area contributed by atoms with Gasteiger partial charge in [0.2, 0.25) is 16.9 Å². The number of aromatic amines is 1. The van der Waals surface area contributed by atoms with Crippen molar-refractivity contribution in [1.29, 1.82) is 5.41 Å². The summed E-state index contributed by atoms with van der Waals surface area (Å²) >= 11 is 5.86.